The third kappa shape index (κ3) is 4.60. The van der Waals surface area contributed by atoms with Crippen molar-refractivity contribution >= 4 is 11.8 Å². The molecule has 2 amide bonds. The van der Waals surface area contributed by atoms with Crippen molar-refractivity contribution in [2.75, 3.05) is 33.7 Å². The third-order valence-corrected chi connectivity index (χ3v) is 6.31. The summed E-state index contributed by atoms with van der Waals surface area (Å²) in [5, 5.41) is 2.94. The highest BCUT2D eigenvalue weighted by atomic mass is 19.1. The fourth-order valence-electron chi connectivity index (χ4n) is 4.29. The molecule has 1 aromatic carbocycles. The van der Waals surface area contributed by atoms with Gasteiger partial charge in [0.25, 0.3) is 11.5 Å². The van der Waals surface area contributed by atoms with Crippen molar-refractivity contribution < 1.29 is 14.0 Å². The molecule has 4 rings (SSSR count). The van der Waals surface area contributed by atoms with Crippen LogP contribution in [-0.4, -0.2) is 59.9 Å². The lowest BCUT2D eigenvalue weighted by atomic mass is 9.85. The maximum Gasteiger partial charge on any atom is 0.268 e. The molecule has 1 aromatic heterocycles. The summed E-state index contributed by atoms with van der Waals surface area (Å²) in [7, 11) is 3.68. The van der Waals surface area contributed by atoms with E-state index in [0.29, 0.717) is 49.8 Å². The van der Waals surface area contributed by atoms with E-state index in [9.17, 15) is 18.8 Å². The molecule has 0 unspecified atom stereocenters. The molecular formula is C24H29FN4O3. The van der Waals surface area contributed by atoms with Crippen molar-refractivity contribution in [3.8, 4) is 5.69 Å². The number of carbonyl (C=O) groups is 2. The highest BCUT2D eigenvalue weighted by molar-refractivity contribution is 5.96. The molecule has 7 nitrogen and oxygen atoms in total. The van der Waals surface area contributed by atoms with E-state index in [1.165, 1.54) is 35.3 Å². The predicted molar refractivity (Wildman–Crippen MR) is 119 cm³/mol. The van der Waals surface area contributed by atoms with Gasteiger partial charge in [-0.1, -0.05) is 6.42 Å². The first kappa shape index (κ1) is 22.2. The van der Waals surface area contributed by atoms with Crippen LogP contribution in [0.2, 0.25) is 0 Å². The standard InChI is InChI=1S/C24H29FN4O3/c1-27(2)15-21(30)28-11-10-20-17(13-28)14-29(19-8-6-18(25)7-9-19)24(32)22(20)23(31)26-12-16-4-3-5-16/h6-9,14,16H,3-5,10-13,15H2,1-2H3,(H,26,31). The molecule has 0 bridgehead atoms. The Labute approximate surface area is 186 Å². The van der Waals surface area contributed by atoms with Crippen molar-refractivity contribution in [3.05, 3.63) is 63.3 Å². The largest absolute Gasteiger partial charge is 0.352 e. The molecule has 1 fully saturated rings. The fraction of sp³-hybridized carbons (Fsp3) is 0.458. The monoisotopic (exact) mass is 440 g/mol. The summed E-state index contributed by atoms with van der Waals surface area (Å²) in [5.74, 6) is -0.311. The summed E-state index contributed by atoms with van der Waals surface area (Å²) in [6.45, 7) is 1.64. The Bertz CT molecular complexity index is 1070. The molecule has 1 saturated carbocycles. The maximum absolute atomic E-state index is 13.4. The van der Waals surface area contributed by atoms with E-state index in [4.69, 9.17) is 0 Å². The van der Waals surface area contributed by atoms with Gasteiger partial charge in [0.15, 0.2) is 0 Å². The smallest absolute Gasteiger partial charge is 0.268 e. The van der Waals surface area contributed by atoms with Gasteiger partial charge in [-0.2, -0.15) is 0 Å². The van der Waals surface area contributed by atoms with Crippen LogP contribution in [0.3, 0.4) is 0 Å². The molecule has 32 heavy (non-hydrogen) atoms. The zero-order valence-electron chi connectivity index (χ0n) is 18.6. The predicted octanol–water partition coefficient (Wildman–Crippen LogP) is 1.95. The topological polar surface area (TPSA) is 74.7 Å². The van der Waals surface area contributed by atoms with Gasteiger partial charge >= 0.3 is 0 Å². The maximum atomic E-state index is 13.4. The Morgan fingerprint density at radius 2 is 1.91 bits per heavy atom. The second kappa shape index (κ2) is 9.24. The zero-order valence-corrected chi connectivity index (χ0v) is 18.6. The number of carbonyl (C=O) groups excluding carboxylic acids is 2. The van der Waals surface area contributed by atoms with Crippen molar-refractivity contribution in [3.63, 3.8) is 0 Å². The normalized spacial score (nSPS) is 15.9. The summed E-state index contributed by atoms with van der Waals surface area (Å²) in [6, 6.07) is 5.59. The van der Waals surface area contributed by atoms with E-state index >= 15 is 0 Å². The average Bonchev–Trinajstić information content (AvgIpc) is 2.72. The van der Waals surface area contributed by atoms with Gasteiger partial charge in [0.2, 0.25) is 5.91 Å². The van der Waals surface area contributed by atoms with Crippen molar-refractivity contribution in [2.45, 2.75) is 32.2 Å². The zero-order chi connectivity index (χ0) is 22.8. The number of fused-ring (bicyclic) bond motifs is 1. The van der Waals surface area contributed by atoms with Gasteiger partial charge in [0, 0.05) is 31.5 Å². The van der Waals surface area contributed by atoms with Gasteiger partial charge in [-0.3, -0.25) is 19.0 Å². The highest BCUT2D eigenvalue weighted by Crippen LogP contribution is 2.26. The Hall–Kier alpha value is -3.00. The summed E-state index contributed by atoms with van der Waals surface area (Å²) >= 11 is 0. The van der Waals surface area contributed by atoms with Crippen LogP contribution in [-0.2, 0) is 17.8 Å². The molecule has 1 aliphatic heterocycles. The second-order valence-corrected chi connectivity index (χ2v) is 8.97. The Kier molecular flexibility index (Phi) is 6.41. The quantitative estimate of drug-likeness (QED) is 0.745. The Morgan fingerprint density at radius 1 is 1.19 bits per heavy atom. The fourth-order valence-corrected chi connectivity index (χ4v) is 4.29. The minimum absolute atomic E-state index is 0.00355. The molecule has 0 radical (unpaired) electrons. The van der Waals surface area contributed by atoms with Crippen LogP contribution in [0.5, 0.6) is 0 Å². The molecule has 0 spiro atoms. The summed E-state index contributed by atoms with van der Waals surface area (Å²) in [4.78, 5) is 42.7. The number of benzene rings is 1. The molecule has 2 aromatic rings. The van der Waals surface area contributed by atoms with Crippen LogP contribution in [0.4, 0.5) is 4.39 Å². The van der Waals surface area contributed by atoms with Crippen LogP contribution in [0, 0.1) is 11.7 Å². The average molecular weight is 441 g/mol. The molecule has 8 heteroatoms. The molecule has 2 aliphatic rings. The van der Waals surface area contributed by atoms with Gasteiger partial charge in [-0.15, -0.1) is 0 Å². The number of pyridine rings is 1. The van der Waals surface area contributed by atoms with Crippen LogP contribution in [0.1, 0.15) is 40.7 Å². The molecule has 1 aliphatic carbocycles. The lowest BCUT2D eigenvalue weighted by Gasteiger charge is -2.31. The van der Waals surface area contributed by atoms with E-state index in [0.717, 1.165) is 18.4 Å². The van der Waals surface area contributed by atoms with Gasteiger partial charge < -0.3 is 15.1 Å². The first-order valence-electron chi connectivity index (χ1n) is 11.1. The summed E-state index contributed by atoms with van der Waals surface area (Å²) < 4.78 is 14.8. The number of nitrogens with zero attached hydrogens (tertiary/aromatic N) is 3. The van der Waals surface area contributed by atoms with E-state index in [-0.39, 0.29) is 17.4 Å². The summed E-state index contributed by atoms with van der Waals surface area (Å²) in [5.41, 5.74) is 1.65. The first-order chi connectivity index (χ1) is 15.3. The number of nitrogens with one attached hydrogen (secondary N) is 1. The van der Waals surface area contributed by atoms with Gasteiger partial charge in [0.1, 0.15) is 11.4 Å². The summed E-state index contributed by atoms with van der Waals surface area (Å²) in [6.07, 6.45) is 5.49. The van der Waals surface area contributed by atoms with Gasteiger partial charge in [-0.25, -0.2) is 4.39 Å². The molecule has 2 heterocycles. The van der Waals surface area contributed by atoms with Crippen LogP contribution in [0.15, 0.2) is 35.3 Å². The number of amides is 2. The number of hydrogen-bond donors (Lipinski definition) is 1. The van der Waals surface area contributed by atoms with E-state index < -0.39 is 11.4 Å². The van der Waals surface area contributed by atoms with E-state index in [2.05, 4.69) is 5.32 Å². The first-order valence-corrected chi connectivity index (χ1v) is 11.1. The third-order valence-electron chi connectivity index (χ3n) is 6.31. The molecule has 0 saturated heterocycles. The van der Waals surface area contributed by atoms with Crippen LogP contribution < -0.4 is 10.9 Å². The second-order valence-electron chi connectivity index (χ2n) is 8.97. The lowest BCUT2D eigenvalue weighted by molar-refractivity contribution is -0.132. The number of halogens is 1. The van der Waals surface area contributed by atoms with Gasteiger partial charge in [0.05, 0.1) is 6.54 Å². The van der Waals surface area contributed by atoms with Crippen molar-refractivity contribution in [1.82, 2.24) is 19.7 Å². The van der Waals surface area contributed by atoms with Crippen LogP contribution >= 0.6 is 0 Å². The SMILES string of the molecule is CN(C)CC(=O)N1CCc2c(cn(-c3ccc(F)cc3)c(=O)c2C(=O)NCC2CCC2)C1. The molecule has 1 N–H and O–H groups in total. The Morgan fingerprint density at radius 3 is 2.53 bits per heavy atom. The van der Waals surface area contributed by atoms with Crippen molar-refractivity contribution in [2.24, 2.45) is 5.92 Å². The van der Waals surface area contributed by atoms with Crippen LogP contribution in [0.25, 0.3) is 5.69 Å². The van der Waals surface area contributed by atoms with Gasteiger partial charge in [-0.05, 0) is 74.7 Å². The Balaban J connectivity index is 1.72. The van der Waals surface area contributed by atoms with Crippen molar-refractivity contribution in [1.29, 1.82) is 0 Å². The molecule has 170 valence electrons. The number of aromatic nitrogens is 1. The number of likely N-dealkylation sites (N-methyl/N-ethyl adjacent to an activating group) is 1. The highest BCUT2D eigenvalue weighted by Gasteiger charge is 2.29. The van der Waals surface area contributed by atoms with E-state index in [1.807, 2.05) is 19.0 Å². The van der Waals surface area contributed by atoms with E-state index in [1.54, 1.807) is 11.1 Å². The minimum atomic E-state index is -0.422. The minimum Gasteiger partial charge on any atom is -0.352 e. The lowest BCUT2D eigenvalue weighted by Crippen LogP contribution is -2.44. The molecular weight excluding hydrogens is 411 g/mol. The number of hydrogen-bond acceptors (Lipinski definition) is 4. The molecule has 0 atom stereocenters. The number of rotatable bonds is 6.